The van der Waals surface area contributed by atoms with Crippen molar-refractivity contribution in [1.82, 2.24) is 0 Å². The van der Waals surface area contributed by atoms with E-state index in [-0.39, 0.29) is 33.8 Å². The first kappa shape index (κ1) is 20.2. The second-order valence-electron chi connectivity index (χ2n) is 9.01. The minimum Gasteiger partial charge on any atom is -0.507 e. The van der Waals surface area contributed by atoms with Crippen LogP contribution in [0.4, 0.5) is 8.78 Å². The fraction of sp³-hybridized carbons (Fsp3) is 0.455. The van der Waals surface area contributed by atoms with Crippen LogP contribution >= 0.6 is 0 Å². The van der Waals surface area contributed by atoms with Crippen LogP contribution in [0, 0.1) is 25.5 Å². The van der Waals surface area contributed by atoms with Gasteiger partial charge < -0.3 is 10.2 Å². The summed E-state index contributed by atoms with van der Waals surface area (Å²) in [5, 5.41) is 21.8. The van der Waals surface area contributed by atoms with Gasteiger partial charge in [-0.15, -0.1) is 0 Å². The van der Waals surface area contributed by atoms with Crippen LogP contribution < -0.4 is 0 Å². The van der Waals surface area contributed by atoms with Gasteiger partial charge >= 0.3 is 0 Å². The molecule has 0 heterocycles. The van der Waals surface area contributed by atoms with Gasteiger partial charge in [-0.1, -0.05) is 41.5 Å². The molecule has 0 unspecified atom stereocenters. The van der Waals surface area contributed by atoms with Crippen molar-refractivity contribution in [3.05, 3.63) is 46.0 Å². The van der Waals surface area contributed by atoms with Gasteiger partial charge in [-0.25, -0.2) is 8.78 Å². The Morgan fingerprint density at radius 1 is 0.654 bits per heavy atom. The van der Waals surface area contributed by atoms with Gasteiger partial charge in [-0.3, -0.25) is 0 Å². The Bertz CT molecular complexity index is 796. The molecule has 2 nitrogen and oxygen atoms in total. The highest BCUT2D eigenvalue weighted by Gasteiger charge is 2.30. The average molecular weight is 362 g/mol. The maximum absolute atomic E-state index is 14.6. The second-order valence-corrected chi connectivity index (χ2v) is 9.01. The summed E-state index contributed by atoms with van der Waals surface area (Å²) in [7, 11) is 0. The Hall–Kier alpha value is -2.10. The quantitative estimate of drug-likeness (QED) is 0.629. The van der Waals surface area contributed by atoms with Gasteiger partial charge in [0.05, 0.1) is 0 Å². The first-order valence-electron chi connectivity index (χ1n) is 8.73. The number of halogens is 2. The van der Waals surface area contributed by atoms with Gasteiger partial charge in [0.1, 0.15) is 23.1 Å². The molecule has 2 N–H and O–H groups in total. The number of rotatable bonds is 1. The molecule has 0 atom stereocenters. The molecular weight excluding hydrogens is 334 g/mol. The lowest BCUT2D eigenvalue weighted by Gasteiger charge is -2.27. The molecule has 0 aliphatic carbocycles. The van der Waals surface area contributed by atoms with Gasteiger partial charge in [0.2, 0.25) is 0 Å². The molecule has 26 heavy (non-hydrogen) atoms. The van der Waals surface area contributed by atoms with Crippen LogP contribution in [0.5, 0.6) is 11.5 Å². The molecule has 0 aliphatic rings. The maximum Gasteiger partial charge on any atom is 0.127 e. The van der Waals surface area contributed by atoms with E-state index >= 15 is 0 Å². The van der Waals surface area contributed by atoms with Crippen LogP contribution in [0.1, 0.15) is 63.8 Å². The molecule has 0 fully saturated rings. The van der Waals surface area contributed by atoms with Gasteiger partial charge in [-0.2, -0.15) is 0 Å². The highest BCUT2D eigenvalue weighted by atomic mass is 19.1. The van der Waals surface area contributed by atoms with Crippen molar-refractivity contribution < 1.29 is 19.0 Å². The minimum absolute atomic E-state index is 0.125. The highest BCUT2D eigenvalue weighted by Crippen LogP contribution is 2.48. The van der Waals surface area contributed by atoms with E-state index in [0.717, 1.165) is 0 Å². The van der Waals surface area contributed by atoms with E-state index < -0.39 is 22.5 Å². The summed E-state index contributed by atoms with van der Waals surface area (Å²) in [6.45, 7) is 14.2. The van der Waals surface area contributed by atoms with E-state index in [2.05, 4.69) is 0 Å². The Morgan fingerprint density at radius 2 is 0.923 bits per heavy atom. The molecule has 0 bridgehead atoms. The number of hydrogen-bond acceptors (Lipinski definition) is 2. The predicted octanol–water partition coefficient (Wildman–Crippen LogP) is 6.25. The second kappa shape index (κ2) is 6.26. The lowest BCUT2D eigenvalue weighted by Crippen LogP contribution is -2.15. The van der Waals surface area contributed by atoms with E-state index in [9.17, 15) is 19.0 Å². The van der Waals surface area contributed by atoms with Crippen LogP contribution in [-0.2, 0) is 10.8 Å². The summed E-state index contributed by atoms with van der Waals surface area (Å²) < 4.78 is 29.3. The Balaban J connectivity index is 3.03. The van der Waals surface area contributed by atoms with Crippen molar-refractivity contribution in [3.8, 4) is 22.6 Å². The zero-order valence-electron chi connectivity index (χ0n) is 16.8. The third kappa shape index (κ3) is 3.29. The van der Waals surface area contributed by atoms with Crippen LogP contribution in [-0.4, -0.2) is 10.2 Å². The van der Waals surface area contributed by atoms with E-state index in [0.29, 0.717) is 11.1 Å². The Kier molecular flexibility index (Phi) is 4.86. The fourth-order valence-electron chi connectivity index (χ4n) is 3.23. The van der Waals surface area contributed by atoms with E-state index in [1.807, 2.05) is 41.5 Å². The summed E-state index contributed by atoms with van der Waals surface area (Å²) in [6.07, 6.45) is 0. The van der Waals surface area contributed by atoms with Gasteiger partial charge in [0.25, 0.3) is 0 Å². The molecule has 2 aromatic carbocycles. The average Bonchev–Trinajstić information content (AvgIpc) is 2.47. The molecule has 142 valence electrons. The molecular formula is C22H28F2O2. The normalized spacial score (nSPS) is 12.5. The summed E-state index contributed by atoms with van der Waals surface area (Å²) in [6, 6.07) is 2.62. The third-order valence-corrected chi connectivity index (χ3v) is 4.86. The van der Waals surface area contributed by atoms with Gasteiger partial charge in [-0.05, 0) is 47.9 Å². The standard InChI is InChI=1S/C22H28F2O2/c1-11-15(23)9-13(21(3,4)5)19(25)17(11)18-12(2)16(24)10-14(20(18)26)22(6,7)8/h9-10,25-26H,1-8H3. The van der Waals surface area contributed by atoms with Crippen LogP contribution in [0.2, 0.25) is 0 Å². The monoisotopic (exact) mass is 362 g/mol. The van der Waals surface area contributed by atoms with E-state index in [1.54, 1.807) is 0 Å². The zero-order chi connectivity index (χ0) is 20.2. The smallest absolute Gasteiger partial charge is 0.127 e. The summed E-state index contributed by atoms with van der Waals surface area (Å²) in [5.41, 5.74) is 0.448. The van der Waals surface area contributed by atoms with Crippen molar-refractivity contribution in [3.63, 3.8) is 0 Å². The zero-order valence-corrected chi connectivity index (χ0v) is 16.8. The largest absolute Gasteiger partial charge is 0.507 e. The van der Waals surface area contributed by atoms with Crippen LogP contribution in [0.25, 0.3) is 11.1 Å². The topological polar surface area (TPSA) is 40.5 Å². The van der Waals surface area contributed by atoms with Gasteiger partial charge in [0.15, 0.2) is 0 Å². The lowest BCUT2D eigenvalue weighted by atomic mass is 9.79. The van der Waals surface area contributed by atoms with Gasteiger partial charge in [0, 0.05) is 22.3 Å². The molecule has 0 aromatic heterocycles. The summed E-state index contributed by atoms with van der Waals surface area (Å²) in [4.78, 5) is 0. The first-order valence-corrected chi connectivity index (χ1v) is 8.73. The molecule has 0 aliphatic heterocycles. The van der Waals surface area contributed by atoms with Crippen LogP contribution in [0.15, 0.2) is 12.1 Å². The summed E-state index contributed by atoms with van der Waals surface area (Å²) >= 11 is 0. The third-order valence-electron chi connectivity index (χ3n) is 4.86. The Morgan fingerprint density at radius 3 is 1.15 bits per heavy atom. The maximum atomic E-state index is 14.6. The molecule has 4 heteroatoms. The van der Waals surface area contributed by atoms with Crippen molar-refractivity contribution in [2.24, 2.45) is 0 Å². The predicted molar refractivity (Wildman–Crippen MR) is 102 cm³/mol. The SMILES string of the molecule is Cc1c(F)cc(C(C)(C)C)c(O)c1-c1c(C)c(F)cc(C(C)(C)C)c1O. The van der Waals surface area contributed by atoms with E-state index in [1.165, 1.54) is 26.0 Å². The minimum atomic E-state index is -0.517. The first-order chi connectivity index (χ1) is 11.7. The fourth-order valence-corrected chi connectivity index (χ4v) is 3.23. The molecule has 0 saturated heterocycles. The van der Waals surface area contributed by atoms with E-state index in [4.69, 9.17) is 0 Å². The number of benzene rings is 2. The molecule has 0 radical (unpaired) electrons. The highest BCUT2D eigenvalue weighted by molar-refractivity contribution is 5.83. The number of hydrogen-bond donors (Lipinski definition) is 2. The van der Waals surface area contributed by atoms with Crippen molar-refractivity contribution in [2.75, 3.05) is 0 Å². The van der Waals surface area contributed by atoms with Crippen molar-refractivity contribution in [2.45, 2.75) is 66.2 Å². The summed E-state index contributed by atoms with van der Waals surface area (Å²) in [5.74, 6) is -1.24. The molecule has 2 aromatic rings. The van der Waals surface area contributed by atoms with Crippen LogP contribution in [0.3, 0.4) is 0 Å². The molecule has 0 spiro atoms. The molecule has 0 amide bonds. The number of aromatic hydroxyl groups is 2. The molecule has 0 saturated carbocycles. The van der Waals surface area contributed by atoms with Crippen molar-refractivity contribution in [1.29, 1.82) is 0 Å². The number of phenolic OH excluding ortho intramolecular Hbond substituents is 2. The Labute approximate surface area is 154 Å². The number of phenols is 2. The van der Waals surface area contributed by atoms with Crippen molar-refractivity contribution >= 4 is 0 Å². The lowest BCUT2D eigenvalue weighted by molar-refractivity contribution is 0.435. The molecule has 2 rings (SSSR count).